The van der Waals surface area contributed by atoms with Crippen LogP contribution in [-0.2, 0) is 4.79 Å². The molecule has 1 aliphatic heterocycles. The van der Waals surface area contributed by atoms with Crippen molar-refractivity contribution < 1.29 is 9.90 Å². The minimum Gasteiger partial charge on any atom is -0.393 e. The SMILES string of the molecule is CC(O)CCNC(=O)C1CNCC1C. The molecule has 1 saturated heterocycles. The average Bonchev–Trinajstić information content (AvgIpc) is 2.50. The average molecular weight is 200 g/mol. The summed E-state index contributed by atoms with van der Waals surface area (Å²) < 4.78 is 0. The van der Waals surface area contributed by atoms with Crippen molar-refractivity contribution in [2.24, 2.45) is 11.8 Å². The molecule has 14 heavy (non-hydrogen) atoms. The van der Waals surface area contributed by atoms with Gasteiger partial charge in [-0.15, -0.1) is 0 Å². The molecule has 1 rings (SSSR count). The summed E-state index contributed by atoms with van der Waals surface area (Å²) in [7, 11) is 0. The summed E-state index contributed by atoms with van der Waals surface area (Å²) >= 11 is 0. The number of hydrogen-bond acceptors (Lipinski definition) is 3. The van der Waals surface area contributed by atoms with Crippen LogP contribution in [0.4, 0.5) is 0 Å². The van der Waals surface area contributed by atoms with E-state index < -0.39 is 0 Å². The summed E-state index contributed by atoms with van der Waals surface area (Å²) in [6.45, 7) is 6.08. The zero-order valence-corrected chi connectivity index (χ0v) is 8.92. The predicted molar refractivity (Wildman–Crippen MR) is 54.8 cm³/mol. The number of carbonyl (C=O) groups excluding carboxylic acids is 1. The van der Waals surface area contributed by atoms with Gasteiger partial charge < -0.3 is 15.7 Å². The maximum atomic E-state index is 11.6. The first-order chi connectivity index (χ1) is 6.61. The fraction of sp³-hybridized carbons (Fsp3) is 0.900. The highest BCUT2D eigenvalue weighted by Gasteiger charge is 2.28. The molecule has 0 aromatic carbocycles. The number of aliphatic hydroxyl groups is 1. The molecule has 0 saturated carbocycles. The van der Waals surface area contributed by atoms with E-state index in [1.807, 2.05) is 0 Å². The summed E-state index contributed by atoms with van der Waals surface area (Å²) in [6, 6.07) is 0. The van der Waals surface area contributed by atoms with Gasteiger partial charge in [0.1, 0.15) is 0 Å². The van der Waals surface area contributed by atoms with Gasteiger partial charge in [-0.25, -0.2) is 0 Å². The van der Waals surface area contributed by atoms with Gasteiger partial charge in [0.15, 0.2) is 0 Å². The lowest BCUT2D eigenvalue weighted by molar-refractivity contribution is -0.125. The zero-order valence-electron chi connectivity index (χ0n) is 8.92. The molecule has 4 nitrogen and oxygen atoms in total. The Morgan fingerprint density at radius 1 is 1.64 bits per heavy atom. The van der Waals surface area contributed by atoms with Gasteiger partial charge in [-0.1, -0.05) is 6.92 Å². The Bertz CT molecular complexity index is 195. The third-order valence-corrected chi connectivity index (χ3v) is 2.72. The molecule has 4 heteroatoms. The summed E-state index contributed by atoms with van der Waals surface area (Å²) in [6.07, 6.45) is 0.287. The molecule has 0 aliphatic carbocycles. The van der Waals surface area contributed by atoms with E-state index in [9.17, 15) is 4.79 Å². The molecule has 1 amide bonds. The second-order valence-corrected chi connectivity index (χ2v) is 4.17. The van der Waals surface area contributed by atoms with Crippen molar-refractivity contribution in [1.29, 1.82) is 0 Å². The largest absolute Gasteiger partial charge is 0.393 e. The van der Waals surface area contributed by atoms with Crippen LogP contribution in [-0.4, -0.2) is 36.8 Å². The van der Waals surface area contributed by atoms with Crippen molar-refractivity contribution in [1.82, 2.24) is 10.6 Å². The Morgan fingerprint density at radius 3 is 2.86 bits per heavy atom. The molecule has 0 radical (unpaired) electrons. The van der Waals surface area contributed by atoms with Crippen molar-refractivity contribution >= 4 is 5.91 Å². The molecule has 0 spiro atoms. The van der Waals surface area contributed by atoms with Gasteiger partial charge in [-0.05, 0) is 25.8 Å². The maximum Gasteiger partial charge on any atom is 0.224 e. The maximum absolute atomic E-state index is 11.6. The van der Waals surface area contributed by atoms with Crippen molar-refractivity contribution in [3.8, 4) is 0 Å². The fourth-order valence-corrected chi connectivity index (χ4v) is 1.70. The molecule has 1 aliphatic rings. The molecule has 82 valence electrons. The van der Waals surface area contributed by atoms with Crippen LogP contribution in [0.25, 0.3) is 0 Å². The highest BCUT2D eigenvalue weighted by molar-refractivity contribution is 5.79. The Kier molecular flexibility index (Phi) is 4.35. The molecule has 0 aromatic heterocycles. The van der Waals surface area contributed by atoms with Crippen LogP contribution in [0.15, 0.2) is 0 Å². The predicted octanol–water partition coefficient (Wildman–Crippen LogP) is -0.271. The van der Waals surface area contributed by atoms with E-state index in [1.165, 1.54) is 0 Å². The molecule has 0 aromatic rings. The Labute approximate surface area is 85.1 Å². The molecule has 3 atom stereocenters. The summed E-state index contributed by atoms with van der Waals surface area (Å²) in [5, 5.41) is 15.1. The molecule has 3 N–H and O–H groups in total. The smallest absolute Gasteiger partial charge is 0.224 e. The number of amides is 1. The van der Waals surface area contributed by atoms with E-state index in [1.54, 1.807) is 6.92 Å². The standard InChI is InChI=1S/C10H20N2O2/c1-7-5-11-6-9(7)10(14)12-4-3-8(2)13/h7-9,11,13H,3-6H2,1-2H3,(H,12,14). The lowest BCUT2D eigenvalue weighted by atomic mass is 9.97. The van der Waals surface area contributed by atoms with Gasteiger partial charge in [0, 0.05) is 13.1 Å². The van der Waals surface area contributed by atoms with Crippen LogP contribution in [0, 0.1) is 11.8 Å². The van der Waals surface area contributed by atoms with Crippen LogP contribution in [0.5, 0.6) is 0 Å². The molecule has 0 bridgehead atoms. The summed E-state index contributed by atoms with van der Waals surface area (Å²) in [5.74, 6) is 0.633. The molecule has 1 heterocycles. The highest BCUT2D eigenvalue weighted by atomic mass is 16.3. The zero-order chi connectivity index (χ0) is 10.6. The van der Waals surface area contributed by atoms with Gasteiger partial charge in [0.05, 0.1) is 12.0 Å². The lowest BCUT2D eigenvalue weighted by Crippen LogP contribution is -2.35. The summed E-state index contributed by atoms with van der Waals surface area (Å²) in [5.41, 5.74) is 0. The normalized spacial score (nSPS) is 28.8. The van der Waals surface area contributed by atoms with Gasteiger partial charge >= 0.3 is 0 Å². The van der Waals surface area contributed by atoms with Crippen molar-refractivity contribution in [3.05, 3.63) is 0 Å². The first kappa shape index (κ1) is 11.5. The van der Waals surface area contributed by atoms with E-state index in [0.29, 0.717) is 18.9 Å². The fourth-order valence-electron chi connectivity index (χ4n) is 1.70. The van der Waals surface area contributed by atoms with Crippen molar-refractivity contribution in [2.75, 3.05) is 19.6 Å². The van der Waals surface area contributed by atoms with E-state index in [0.717, 1.165) is 13.1 Å². The minimum absolute atomic E-state index is 0.101. The Hall–Kier alpha value is -0.610. The number of aliphatic hydroxyl groups excluding tert-OH is 1. The lowest BCUT2D eigenvalue weighted by Gasteiger charge is -2.14. The molecule has 1 fully saturated rings. The Balaban J connectivity index is 2.21. The number of rotatable bonds is 4. The van der Waals surface area contributed by atoms with Crippen LogP contribution in [0.1, 0.15) is 20.3 Å². The number of hydrogen-bond donors (Lipinski definition) is 3. The first-order valence-corrected chi connectivity index (χ1v) is 5.27. The van der Waals surface area contributed by atoms with Crippen LogP contribution in [0.2, 0.25) is 0 Å². The molecule has 3 unspecified atom stereocenters. The second-order valence-electron chi connectivity index (χ2n) is 4.17. The van der Waals surface area contributed by atoms with Gasteiger partial charge in [-0.2, -0.15) is 0 Å². The minimum atomic E-state index is -0.338. The topological polar surface area (TPSA) is 61.4 Å². The third kappa shape index (κ3) is 3.27. The van der Waals surface area contributed by atoms with E-state index in [-0.39, 0.29) is 17.9 Å². The van der Waals surface area contributed by atoms with Gasteiger partial charge in [0.25, 0.3) is 0 Å². The monoisotopic (exact) mass is 200 g/mol. The molecular formula is C10H20N2O2. The van der Waals surface area contributed by atoms with Gasteiger partial charge in [0.2, 0.25) is 5.91 Å². The number of carbonyl (C=O) groups is 1. The second kappa shape index (κ2) is 5.32. The van der Waals surface area contributed by atoms with Crippen LogP contribution < -0.4 is 10.6 Å². The van der Waals surface area contributed by atoms with Crippen molar-refractivity contribution in [3.63, 3.8) is 0 Å². The quantitative estimate of drug-likeness (QED) is 0.585. The van der Waals surface area contributed by atoms with E-state index >= 15 is 0 Å². The molecular weight excluding hydrogens is 180 g/mol. The van der Waals surface area contributed by atoms with Crippen LogP contribution >= 0.6 is 0 Å². The van der Waals surface area contributed by atoms with E-state index in [2.05, 4.69) is 17.6 Å². The van der Waals surface area contributed by atoms with Crippen LogP contribution in [0.3, 0.4) is 0 Å². The van der Waals surface area contributed by atoms with Crippen molar-refractivity contribution in [2.45, 2.75) is 26.4 Å². The number of nitrogens with one attached hydrogen (secondary N) is 2. The first-order valence-electron chi connectivity index (χ1n) is 5.27. The highest BCUT2D eigenvalue weighted by Crippen LogP contribution is 2.15. The van der Waals surface area contributed by atoms with Gasteiger partial charge in [-0.3, -0.25) is 4.79 Å². The summed E-state index contributed by atoms with van der Waals surface area (Å²) in [4.78, 5) is 11.6. The Morgan fingerprint density at radius 2 is 2.36 bits per heavy atom. The third-order valence-electron chi connectivity index (χ3n) is 2.72. The van der Waals surface area contributed by atoms with E-state index in [4.69, 9.17) is 5.11 Å².